The second-order valence-electron chi connectivity index (χ2n) is 4.52. The lowest BCUT2D eigenvalue weighted by Crippen LogP contribution is -2.34. The molecule has 1 aliphatic rings. The van der Waals surface area contributed by atoms with Crippen LogP contribution in [0.1, 0.15) is 29.0 Å². The number of amides is 1. The highest BCUT2D eigenvalue weighted by atomic mass is 19.1. The van der Waals surface area contributed by atoms with Crippen LogP contribution in [0, 0.1) is 5.82 Å². The highest BCUT2D eigenvalue weighted by Crippen LogP contribution is 2.45. The summed E-state index contributed by atoms with van der Waals surface area (Å²) in [5.41, 5.74) is 0.383. The van der Waals surface area contributed by atoms with E-state index in [0.29, 0.717) is 0 Å². The van der Waals surface area contributed by atoms with E-state index in [1.54, 1.807) is 18.2 Å². The Labute approximate surface area is 104 Å². The first-order chi connectivity index (χ1) is 8.70. The molecule has 1 aliphatic carbocycles. The Morgan fingerprint density at radius 3 is 2.72 bits per heavy atom. The maximum absolute atomic E-state index is 13.2. The van der Waals surface area contributed by atoms with Gasteiger partial charge in [0.2, 0.25) is 0 Å². The van der Waals surface area contributed by atoms with Gasteiger partial charge in [-0.25, -0.2) is 4.39 Å². The monoisotopic (exact) mass is 245 g/mol. The van der Waals surface area contributed by atoms with E-state index in [-0.39, 0.29) is 17.5 Å². The third-order valence-electron chi connectivity index (χ3n) is 3.22. The van der Waals surface area contributed by atoms with Gasteiger partial charge in [0.05, 0.1) is 11.8 Å². The van der Waals surface area contributed by atoms with E-state index < -0.39 is 5.54 Å². The molecule has 1 N–H and O–H groups in total. The molecular weight excluding hydrogens is 233 g/mol. The van der Waals surface area contributed by atoms with Crippen molar-refractivity contribution in [2.24, 2.45) is 0 Å². The fourth-order valence-corrected chi connectivity index (χ4v) is 2.08. The van der Waals surface area contributed by atoms with Crippen molar-refractivity contribution in [3.05, 3.63) is 59.8 Å². The highest BCUT2D eigenvalue weighted by molar-refractivity contribution is 5.92. The Bertz CT molecular complexity index is 573. The minimum Gasteiger partial charge on any atom is -0.459 e. The normalized spacial score (nSPS) is 16.3. The van der Waals surface area contributed by atoms with Crippen molar-refractivity contribution in [2.75, 3.05) is 0 Å². The Morgan fingerprint density at radius 1 is 1.28 bits per heavy atom. The summed E-state index contributed by atoms with van der Waals surface area (Å²) in [5, 5.41) is 2.91. The summed E-state index contributed by atoms with van der Waals surface area (Å²) in [6.45, 7) is 0. The molecule has 18 heavy (non-hydrogen) atoms. The zero-order valence-corrected chi connectivity index (χ0v) is 9.65. The molecule has 0 saturated heterocycles. The molecule has 1 aromatic carbocycles. The van der Waals surface area contributed by atoms with Gasteiger partial charge in [0.15, 0.2) is 5.76 Å². The number of benzene rings is 1. The third kappa shape index (κ3) is 1.90. The van der Waals surface area contributed by atoms with Crippen LogP contribution >= 0.6 is 0 Å². The molecule has 0 radical (unpaired) electrons. The van der Waals surface area contributed by atoms with Crippen molar-refractivity contribution in [1.82, 2.24) is 5.32 Å². The molecule has 0 spiro atoms. The van der Waals surface area contributed by atoms with Crippen LogP contribution < -0.4 is 5.32 Å². The molecule has 1 amide bonds. The first-order valence-electron chi connectivity index (χ1n) is 5.82. The Kier molecular flexibility index (Phi) is 2.44. The van der Waals surface area contributed by atoms with E-state index in [1.165, 1.54) is 18.4 Å². The number of rotatable bonds is 3. The lowest BCUT2D eigenvalue weighted by molar-refractivity contribution is 0.0902. The number of furan rings is 1. The molecule has 3 rings (SSSR count). The summed E-state index contributed by atoms with van der Waals surface area (Å²) in [6.07, 6.45) is 3.10. The van der Waals surface area contributed by atoms with E-state index in [0.717, 1.165) is 18.4 Å². The minimum absolute atomic E-state index is 0.262. The number of halogens is 1. The summed E-state index contributed by atoms with van der Waals surface area (Å²) in [4.78, 5) is 11.9. The van der Waals surface area contributed by atoms with Gasteiger partial charge in [0.1, 0.15) is 5.82 Å². The van der Waals surface area contributed by atoms with Gasteiger partial charge in [0.25, 0.3) is 5.91 Å². The van der Waals surface area contributed by atoms with Crippen LogP contribution in [-0.2, 0) is 5.54 Å². The summed E-state index contributed by atoms with van der Waals surface area (Å²) in [7, 11) is 0. The van der Waals surface area contributed by atoms with Crippen LogP contribution in [0.15, 0.2) is 47.1 Å². The molecule has 0 unspecified atom stereocenters. The summed E-state index contributed by atoms with van der Waals surface area (Å²) in [6, 6.07) is 9.62. The lowest BCUT2D eigenvalue weighted by Gasteiger charge is -2.17. The van der Waals surface area contributed by atoms with E-state index in [4.69, 9.17) is 4.42 Å². The van der Waals surface area contributed by atoms with Gasteiger partial charge >= 0.3 is 0 Å². The van der Waals surface area contributed by atoms with Gasteiger partial charge in [-0.1, -0.05) is 12.1 Å². The SMILES string of the molecule is O=C(NC1(c2cccc(F)c2)CC1)c1ccco1. The van der Waals surface area contributed by atoms with Crippen molar-refractivity contribution < 1.29 is 13.6 Å². The fraction of sp³-hybridized carbons (Fsp3) is 0.214. The molecule has 4 heteroatoms. The fourth-order valence-electron chi connectivity index (χ4n) is 2.08. The molecular formula is C14H12FNO2. The zero-order chi connectivity index (χ0) is 12.6. The van der Waals surface area contributed by atoms with Gasteiger partial charge in [-0.3, -0.25) is 4.79 Å². The van der Waals surface area contributed by atoms with Gasteiger partial charge in [-0.2, -0.15) is 0 Å². The molecule has 0 aliphatic heterocycles. The molecule has 0 atom stereocenters. The molecule has 1 heterocycles. The average Bonchev–Trinajstić information content (AvgIpc) is 2.93. The summed E-state index contributed by atoms with van der Waals surface area (Å²) in [5.74, 6) is -0.273. The lowest BCUT2D eigenvalue weighted by atomic mass is 10.0. The molecule has 2 aromatic rings. The standard InChI is InChI=1S/C14H12FNO2/c15-11-4-1-3-10(9-11)14(6-7-14)16-13(17)12-5-2-8-18-12/h1-5,8-9H,6-7H2,(H,16,17). The number of hydrogen-bond acceptors (Lipinski definition) is 2. The highest BCUT2D eigenvalue weighted by Gasteiger charge is 2.46. The van der Waals surface area contributed by atoms with Crippen LogP contribution in [0.3, 0.4) is 0 Å². The van der Waals surface area contributed by atoms with Gasteiger partial charge in [-0.05, 0) is 42.7 Å². The van der Waals surface area contributed by atoms with E-state index in [9.17, 15) is 9.18 Å². The first kappa shape index (κ1) is 11.0. The Morgan fingerprint density at radius 2 is 2.11 bits per heavy atom. The van der Waals surface area contributed by atoms with Crippen molar-refractivity contribution in [3.8, 4) is 0 Å². The first-order valence-corrected chi connectivity index (χ1v) is 5.82. The second kappa shape index (κ2) is 3.98. The predicted molar refractivity (Wildman–Crippen MR) is 63.5 cm³/mol. The van der Waals surface area contributed by atoms with Gasteiger partial charge in [0, 0.05) is 0 Å². The van der Waals surface area contributed by atoms with Crippen LogP contribution in [0.5, 0.6) is 0 Å². The largest absolute Gasteiger partial charge is 0.459 e. The Hall–Kier alpha value is -2.10. The molecule has 1 saturated carbocycles. The van der Waals surface area contributed by atoms with Gasteiger partial charge < -0.3 is 9.73 Å². The Balaban J connectivity index is 1.82. The quantitative estimate of drug-likeness (QED) is 0.903. The predicted octanol–water partition coefficient (Wildman–Crippen LogP) is 2.84. The van der Waals surface area contributed by atoms with E-state index >= 15 is 0 Å². The third-order valence-corrected chi connectivity index (χ3v) is 3.22. The molecule has 1 fully saturated rings. The number of hydrogen-bond donors (Lipinski definition) is 1. The molecule has 3 nitrogen and oxygen atoms in total. The van der Waals surface area contributed by atoms with E-state index in [1.807, 2.05) is 6.07 Å². The molecule has 0 bridgehead atoms. The van der Waals surface area contributed by atoms with Crippen LogP contribution in [-0.4, -0.2) is 5.91 Å². The van der Waals surface area contributed by atoms with Crippen molar-refractivity contribution in [3.63, 3.8) is 0 Å². The van der Waals surface area contributed by atoms with Crippen LogP contribution in [0.2, 0.25) is 0 Å². The van der Waals surface area contributed by atoms with Crippen LogP contribution in [0.25, 0.3) is 0 Å². The number of carbonyl (C=O) groups is 1. The zero-order valence-electron chi connectivity index (χ0n) is 9.65. The summed E-state index contributed by atoms with van der Waals surface area (Å²) >= 11 is 0. The molecule has 92 valence electrons. The molecule has 1 aromatic heterocycles. The maximum Gasteiger partial charge on any atom is 0.287 e. The van der Waals surface area contributed by atoms with Crippen molar-refractivity contribution in [1.29, 1.82) is 0 Å². The smallest absolute Gasteiger partial charge is 0.287 e. The van der Waals surface area contributed by atoms with Crippen molar-refractivity contribution in [2.45, 2.75) is 18.4 Å². The maximum atomic E-state index is 13.2. The second-order valence-corrected chi connectivity index (χ2v) is 4.52. The number of nitrogens with one attached hydrogen (secondary N) is 1. The topological polar surface area (TPSA) is 42.2 Å². The van der Waals surface area contributed by atoms with E-state index in [2.05, 4.69) is 5.32 Å². The summed E-state index contributed by atoms with van der Waals surface area (Å²) < 4.78 is 18.2. The minimum atomic E-state index is -0.425. The van der Waals surface area contributed by atoms with Crippen molar-refractivity contribution >= 4 is 5.91 Å². The van der Waals surface area contributed by atoms with Gasteiger partial charge in [-0.15, -0.1) is 0 Å². The van der Waals surface area contributed by atoms with Crippen LogP contribution in [0.4, 0.5) is 4.39 Å². The number of carbonyl (C=O) groups excluding carboxylic acids is 1. The average molecular weight is 245 g/mol.